The molecular weight excluding hydrogens is 477 g/mol. The number of hydrogen-bond acceptors (Lipinski definition) is 5. The fourth-order valence-corrected chi connectivity index (χ4v) is 4.73. The number of nitrogens with zero attached hydrogens (tertiary/aromatic N) is 5. The van der Waals surface area contributed by atoms with Gasteiger partial charge in [0.1, 0.15) is 17.7 Å². The first-order chi connectivity index (χ1) is 18.6. The third-order valence-electron chi connectivity index (χ3n) is 6.80. The standard InChI is InChI=1S/C24H17FN6.C6H13N/c1-27-24-13-23(16-7-8-17(14-26)21(25)12-16)31(29-24)20-9-10-22-18(11-20)15-28-30(22)19-5-3-2-4-6-19;7-6-4-2-1-3-5-6/h2-13,15H,1H3,(H,27,29);6H,1-5,7H2. The molecule has 7 nitrogen and oxygen atoms in total. The number of benzene rings is 3. The van der Waals surface area contributed by atoms with Crippen molar-refractivity contribution >= 4 is 16.7 Å². The molecule has 38 heavy (non-hydrogen) atoms. The highest BCUT2D eigenvalue weighted by atomic mass is 19.1. The normalized spacial score (nSPS) is 13.5. The van der Waals surface area contributed by atoms with E-state index in [1.54, 1.807) is 17.8 Å². The van der Waals surface area contributed by atoms with Gasteiger partial charge in [-0.1, -0.05) is 43.5 Å². The van der Waals surface area contributed by atoms with E-state index < -0.39 is 5.82 Å². The number of nitrogens with two attached hydrogens (primary N) is 1. The van der Waals surface area contributed by atoms with E-state index in [1.807, 2.05) is 71.5 Å². The van der Waals surface area contributed by atoms with Crippen LogP contribution in [0.15, 0.2) is 79.0 Å². The van der Waals surface area contributed by atoms with Crippen LogP contribution < -0.4 is 11.1 Å². The van der Waals surface area contributed by atoms with E-state index in [0.29, 0.717) is 23.1 Å². The van der Waals surface area contributed by atoms with Crippen molar-refractivity contribution in [2.24, 2.45) is 5.73 Å². The Hall–Kier alpha value is -4.48. The first-order valence-corrected chi connectivity index (χ1v) is 12.8. The molecule has 1 aliphatic rings. The molecular formula is C30H30FN7. The fourth-order valence-electron chi connectivity index (χ4n) is 4.73. The number of rotatable bonds is 4. The topological polar surface area (TPSA) is 97.5 Å². The van der Waals surface area contributed by atoms with Crippen LogP contribution in [0, 0.1) is 17.1 Å². The second-order valence-corrected chi connectivity index (χ2v) is 9.42. The summed E-state index contributed by atoms with van der Waals surface area (Å²) in [5.41, 5.74) is 9.76. The fraction of sp³-hybridized carbons (Fsp3) is 0.233. The van der Waals surface area contributed by atoms with Gasteiger partial charge in [-0.15, -0.1) is 5.10 Å². The number of para-hydroxylation sites is 1. The van der Waals surface area contributed by atoms with Crippen LogP contribution in [0.2, 0.25) is 0 Å². The Morgan fingerprint density at radius 3 is 2.39 bits per heavy atom. The van der Waals surface area contributed by atoms with Gasteiger partial charge in [-0.25, -0.2) is 13.8 Å². The minimum atomic E-state index is -0.557. The van der Waals surface area contributed by atoms with Gasteiger partial charge in [0, 0.05) is 30.1 Å². The quantitative estimate of drug-likeness (QED) is 0.301. The summed E-state index contributed by atoms with van der Waals surface area (Å²) >= 11 is 0. The van der Waals surface area contributed by atoms with Gasteiger partial charge in [0.2, 0.25) is 0 Å². The zero-order valence-electron chi connectivity index (χ0n) is 21.3. The minimum Gasteiger partial charge on any atom is -0.372 e. The Kier molecular flexibility index (Phi) is 7.47. The predicted molar refractivity (Wildman–Crippen MR) is 149 cm³/mol. The largest absolute Gasteiger partial charge is 0.372 e. The zero-order chi connectivity index (χ0) is 26.5. The van der Waals surface area contributed by atoms with Crippen LogP contribution in [0.4, 0.5) is 10.2 Å². The summed E-state index contributed by atoms with van der Waals surface area (Å²) in [4.78, 5) is 0. The van der Waals surface area contributed by atoms with Crippen molar-refractivity contribution in [3.8, 4) is 28.7 Å². The zero-order valence-corrected chi connectivity index (χ0v) is 21.3. The number of halogens is 1. The highest BCUT2D eigenvalue weighted by Crippen LogP contribution is 2.29. The van der Waals surface area contributed by atoms with Crippen molar-refractivity contribution in [2.45, 2.75) is 38.1 Å². The molecule has 2 aromatic heterocycles. The molecule has 192 valence electrons. The van der Waals surface area contributed by atoms with Crippen molar-refractivity contribution in [1.82, 2.24) is 19.6 Å². The average Bonchev–Trinajstić information content (AvgIpc) is 3.58. The molecule has 2 heterocycles. The molecule has 0 bridgehead atoms. The van der Waals surface area contributed by atoms with E-state index in [1.165, 1.54) is 44.2 Å². The Balaban J connectivity index is 0.000000366. The van der Waals surface area contributed by atoms with Crippen LogP contribution in [0.25, 0.3) is 33.5 Å². The summed E-state index contributed by atoms with van der Waals surface area (Å²) in [6.45, 7) is 0. The van der Waals surface area contributed by atoms with Gasteiger partial charge >= 0.3 is 0 Å². The van der Waals surface area contributed by atoms with Gasteiger partial charge in [0.15, 0.2) is 0 Å². The van der Waals surface area contributed by atoms with Gasteiger partial charge in [-0.3, -0.25) is 0 Å². The average molecular weight is 508 g/mol. The maximum Gasteiger partial charge on any atom is 0.148 e. The Labute approximate surface area is 221 Å². The number of anilines is 1. The first kappa shape index (κ1) is 25.2. The summed E-state index contributed by atoms with van der Waals surface area (Å²) in [7, 11) is 1.78. The molecule has 6 rings (SSSR count). The van der Waals surface area contributed by atoms with Gasteiger partial charge in [0.05, 0.1) is 34.3 Å². The van der Waals surface area contributed by atoms with Gasteiger partial charge < -0.3 is 11.1 Å². The van der Waals surface area contributed by atoms with Crippen molar-refractivity contribution < 1.29 is 4.39 Å². The monoisotopic (exact) mass is 507 g/mol. The van der Waals surface area contributed by atoms with Gasteiger partial charge in [-0.2, -0.15) is 10.4 Å². The molecule has 1 saturated carbocycles. The molecule has 0 saturated heterocycles. The molecule has 0 aliphatic heterocycles. The van der Waals surface area contributed by atoms with E-state index in [0.717, 1.165) is 22.3 Å². The van der Waals surface area contributed by atoms with E-state index in [4.69, 9.17) is 11.0 Å². The van der Waals surface area contributed by atoms with Gasteiger partial charge in [-0.05, 0) is 55.3 Å². The number of aromatic nitrogens is 4. The third kappa shape index (κ3) is 5.29. The Bertz CT molecular complexity index is 1570. The van der Waals surface area contributed by atoms with Crippen LogP contribution in [0.3, 0.4) is 0 Å². The van der Waals surface area contributed by atoms with Crippen molar-refractivity contribution in [3.63, 3.8) is 0 Å². The molecule has 0 unspecified atom stereocenters. The van der Waals surface area contributed by atoms with Crippen molar-refractivity contribution in [3.05, 3.63) is 90.4 Å². The molecule has 3 aromatic carbocycles. The van der Waals surface area contributed by atoms with Crippen LogP contribution in [0.1, 0.15) is 37.7 Å². The molecule has 8 heteroatoms. The summed E-state index contributed by atoms with van der Waals surface area (Å²) in [5, 5.41) is 22.1. The lowest BCUT2D eigenvalue weighted by atomic mass is 9.97. The van der Waals surface area contributed by atoms with Crippen LogP contribution in [-0.4, -0.2) is 32.7 Å². The number of nitriles is 1. The van der Waals surface area contributed by atoms with Crippen molar-refractivity contribution in [1.29, 1.82) is 5.26 Å². The molecule has 1 fully saturated rings. The number of fused-ring (bicyclic) bond motifs is 1. The summed E-state index contributed by atoms with van der Waals surface area (Å²) in [6.07, 6.45) is 8.48. The molecule has 0 radical (unpaired) electrons. The first-order valence-electron chi connectivity index (χ1n) is 12.8. The molecule has 5 aromatic rings. The van der Waals surface area contributed by atoms with E-state index >= 15 is 0 Å². The van der Waals surface area contributed by atoms with E-state index in [9.17, 15) is 4.39 Å². The smallest absolute Gasteiger partial charge is 0.148 e. The van der Waals surface area contributed by atoms with Crippen LogP contribution >= 0.6 is 0 Å². The highest BCUT2D eigenvalue weighted by molar-refractivity contribution is 5.83. The SMILES string of the molecule is CNc1cc(-c2ccc(C#N)c(F)c2)n(-c2ccc3c(cnn3-c3ccccc3)c2)n1.NC1CCCCC1. The lowest BCUT2D eigenvalue weighted by Gasteiger charge is -2.15. The highest BCUT2D eigenvalue weighted by Gasteiger charge is 2.15. The Morgan fingerprint density at radius 1 is 0.947 bits per heavy atom. The minimum absolute atomic E-state index is 0.0124. The predicted octanol–water partition coefficient (Wildman–Crippen LogP) is 6.21. The van der Waals surface area contributed by atoms with Crippen molar-refractivity contribution in [2.75, 3.05) is 12.4 Å². The summed E-state index contributed by atoms with van der Waals surface area (Å²) < 4.78 is 17.9. The number of nitrogens with one attached hydrogen (secondary N) is 1. The van der Waals surface area contributed by atoms with E-state index in [2.05, 4.69) is 15.5 Å². The molecule has 1 aliphatic carbocycles. The molecule has 0 amide bonds. The second-order valence-electron chi connectivity index (χ2n) is 9.42. The van der Waals surface area contributed by atoms with Crippen LogP contribution in [-0.2, 0) is 0 Å². The second kappa shape index (κ2) is 11.3. The third-order valence-corrected chi connectivity index (χ3v) is 6.80. The lowest BCUT2D eigenvalue weighted by molar-refractivity contribution is 0.441. The summed E-state index contributed by atoms with van der Waals surface area (Å²) in [5.74, 6) is 0.0955. The molecule has 0 atom stereocenters. The maximum atomic E-state index is 14.3. The maximum absolute atomic E-state index is 14.3. The van der Waals surface area contributed by atoms with Crippen LogP contribution in [0.5, 0.6) is 0 Å². The summed E-state index contributed by atoms with van der Waals surface area (Å²) in [6, 6.07) is 24.7. The Morgan fingerprint density at radius 2 is 1.74 bits per heavy atom. The lowest BCUT2D eigenvalue weighted by Crippen LogP contribution is -2.22. The van der Waals surface area contributed by atoms with Gasteiger partial charge in [0.25, 0.3) is 0 Å². The number of hydrogen-bond donors (Lipinski definition) is 2. The van der Waals surface area contributed by atoms with E-state index in [-0.39, 0.29) is 5.56 Å². The molecule has 0 spiro atoms. The molecule has 3 N–H and O–H groups in total.